The Kier molecular flexibility index (Phi) is 5.19. The summed E-state index contributed by atoms with van der Waals surface area (Å²) in [5.74, 6) is 1.01. The van der Waals surface area contributed by atoms with Gasteiger partial charge in [-0.2, -0.15) is 0 Å². The van der Waals surface area contributed by atoms with Crippen molar-refractivity contribution in [2.24, 2.45) is 11.1 Å². The van der Waals surface area contributed by atoms with E-state index >= 15 is 0 Å². The lowest BCUT2D eigenvalue weighted by Gasteiger charge is -2.43. The van der Waals surface area contributed by atoms with Gasteiger partial charge in [0.05, 0.1) is 28.0 Å². The van der Waals surface area contributed by atoms with Gasteiger partial charge in [-0.3, -0.25) is 4.98 Å². The Morgan fingerprint density at radius 2 is 2.15 bits per heavy atom. The summed E-state index contributed by atoms with van der Waals surface area (Å²) in [7, 11) is 0. The molecule has 2 unspecified atom stereocenters. The quantitative estimate of drug-likeness (QED) is 0.497. The van der Waals surface area contributed by atoms with Crippen LogP contribution >= 0.6 is 22.9 Å². The summed E-state index contributed by atoms with van der Waals surface area (Å²) < 4.78 is 7.87. The predicted octanol–water partition coefficient (Wildman–Crippen LogP) is 5.51. The SMILES string of the molecule is CC[C@@H](O)c1cc2nccc(-c3cc(Cl)cc4c3O[C@@](C)(C3(C)ON=C5CCNCC53)C4)c2s1. The minimum absolute atomic E-state index is 0.169. The van der Waals surface area contributed by atoms with Crippen LogP contribution in [0.4, 0.5) is 0 Å². The lowest BCUT2D eigenvalue weighted by Crippen LogP contribution is -2.61. The number of aliphatic hydroxyl groups excluding tert-OH is 1. The van der Waals surface area contributed by atoms with Crippen molar-refractivity contribution in [3.63, 3.8) is 0 Å². The number of benzene rings is 1. The highest BCUT2D eigenvalue weighted by Gasteiger charge is 2.61. The third-order valence-electron chi connectivity index (χ3n) is 7.80. The summed E-state index contributed by atoms with van der Waals surface area (Å²) in [6, 6.07) is 7.96. The predicted molar refractivity (Wildman–Crippen MR) is 136 cm³/mol. The highest BCUT2D eigenvalue weighted by atomic mass is 35.5. The summed E-state index contributed by atoms with van der Waals surface area (Å²) in [5, 5.41) is 19.0. The zero-order valence-electron chi connectivity index (χ0n) is 19.5. The minimum Gasteiger partial charge on any atom is -0.482 e. The molecule has 1 fully saturated rings. The fraction of sp³-hybridized carbons (Fsp3) is 0.462. The van der Waals surface area contributed by atoms with E-state index in [1.807, 2.05) is 37.4 Å². The van der Waals surface area contributed by atoms with Crippen LogP contribution in [0.1, 0.15) is 50.2 Å². The average molecular weight is 498 g/mol. The molecule has 3 aliphatic heterocycles. The number of pyridine rings is 1. The third kappa shape index (κ3) is 3.21. The zero-order chi connectivity index (χ0) is 23.7. The number of nitrogens with one attached hydrogen (secondary N) is 1. The number of piperidine rings is 1. The maximum Gasteiger partial charge on any atom is 0.183 e. The van der Waals surface area contributed by atoms with Gasteiger partial charge in [-0.15, -0.1) is 11.3 Å². The number of oxime groups is 1. The van der Waals surface area contributed by atoms with Gasteiger partial charge in [-0.1, -0.05) is 23.7 Å². The Bertz CT molecular complexity index is 1320. The van der Waals surface area contributed by atoms with Gasteiger partial charge in [-0.05, 0) is 44.5 Å². The van der Waals surface area contributed by atoms with Crippen LogP contribution in [0.3, 0.4) is 0 Å². The number of fused-ring (bicyclic) bond motifs is 3. The second-order valence-electron chi connectivity index (χ2n) is 9.88. The van der Waals surface area contributed by atoms with Crippen LogP contribution in [0.15, 0.2) is 35.6 Å². The molecule has 3 aliphatic rings. The maximum atomic E-state index is 10.4. The van der Waals surface area contributed by atoms with Gasteiger partial charge in [-0.25, -0.2) is 0 Å². The number of halogens is 1. The molecule has 0 spiro atoms. The van der Waals surface area contributed by atoms with Crippen molar-refractivity contribution in [1.82, 2.24) is 10.3 Å². The summed E-state index contributed by atoms with van der Waals surface area (Å²) in [6.07, 6.45) is 3.57. The van der Waals surface area contributed by atoms with Gasteiger partial charge in [0.2, 0.25) is 0 Å². The van der Waals surface area contributed by atoms with Crippen molar-refractivity contribution in [2.75, 3.05) is 13.1 Å². The van der Waals surface area contributed by atoms with Crippen LogP contribution in [0.25, 0.3) is 21.3 Å². The Hall–Kier alpha value is -2.19. The van der Waals surface area contributed by atoms with Gasteiger partial charge >= 0.3 is 0 Å². The molecule has 0 radical (unpaired) electrons. The number of ether oxygens (including phenoxy) is 1. The van der Waals surface area contributed by atoms with E-state index in [0.29, 0.717) is 17.9 Å². The van der Waals surface area contributed by atoms with E-state index in [9.17, 15) is 5.11 Å². The number of rotatable bonds is 4. The van der Waals surface area contributed by atoms with E-state index in [1.54, 1.807) is 11.3 Å². The van der Waals surface area contributed by atoms with Gasteiger partial charge in [0, 0.05) is 58.7 Å². The zero-order valence-corrected chi connectivity index (χ0v) is 21.1. The van der Waals surface area contributed by atoms with E-state index in [-0.39, 0.29) is 5.92 Å². The molecule has 1 saturated heterocycles. The van der Waals surface area contributed by atoms with Crippen LogP contribution in [0.2, 0.25) is 5.02 Å². The van der Waals surface area contributed by atoms with E-state index < -0.39 is 17.3 Å². The van der Waals surface area contributed by atoms with Crippen molar-refractivity contribution in [3.8, 4) is 16.9 Å². The second-order valence-corrected chi connectivity index (χ2v) is 11.4. The molecule has 8 heteroatoms. The number of thiophene rings is 1. The second kappa shape index (κ2) is 7.92. The normalized spacial score (nSPS) is 28.7. The average Bonchev–Trinajstić information content (AvgIpc) is 3.52. The Labute approximate surface area is 207 Å². The minimum atomic E-state index is -0.602. The number of aliphatic hydroxyl groups is 1. The van der Waals surface area contributed by atoms with Crippen LogP contribution in [-0.4, -0.2) is 40.1 Å². The van der Waals surface area contributed by atoms with Crippen molar-refractivity contribution in [1.29, 1.82) is 0 Å². The van der Waals surface area contributed by atoms with Crippen LogP contribution < -0.4 is 10.1 Å². The third-order valence-corrected chi connectivity index (χ3v) is 9.28. The lowest BCUT2D eigenvalue weighted by atomic mass is 9.71. The van der Waals surface area contributed by atoms with Gasteiger partial charge < -0.3 is 20.0 Å². The summed E-state index contributed by atoms with van der Waals surface area (Å²) in [4.78, 5) is 11.6. The topological polar surface area (TPSA) is 76.0 Å². The highest BCUT2D eigenvalue weighted by molar-refractivity contribution is 7.19. The maximum absolute atomic E-state index is 10.4. The fourth-order valence-corrected chi connectivity index (χ4v) is 7.05. The molecule has 6 rings (SSSR count). The van der Waals surface area contributed by atoms with Crippen molar-refractivity contribution >= 4 is 38.9 Å². The molecule has 34 heavy (non-hydrogen) atoms. The Morgan fingerprint density at radius 3 is 2.97 bits per heavy atom. The number of aromatic nitrogens is 1. The first kappa shape index (κ1) is 22.3. The van der Waals surface area contributed by atoms with Crippen LogP contribution in [0, 0.1) is 5.92 Å². The molecule has 0 aliphatic carbocycles. The van der Waals surface area contributed by atoms with Gasteiger partial charge in [0.25, 0.3) is 0 Å². The van der Waals surface area contributed by atoms with Crippen LogP contribution in [-0.2, 0) is 11.3 Å². The molecule has 178 valence electrons. The first-order valence-corrected chi connectivity index (χ1v) is 13.1. The summed E-state index contributed by atoms with van der Waals surface area (Å²) in [5.41, 5.74) is 3.84. The van der Waals surface area contributed by atoms with Crippen molar-refractivity contribution < 1.29 is 14.7 Å². The molecule has 0 amide bonds. The molecule has 0 bridgehead atoms. The fourth-order valence-electron chi connectivity index (χ4n) is 5.60. The molecule has 5 heterocycles. The van der Waals surface area contributed by atoms with E-state index in [2.05, 4.69) is 29.3 Å². The molecule has 2 N–H and O–H groups in total. The lowest BCUT2D eigenvalue weighted by molar-refractivity contribution is -0.147. The van der Waals surface area contributed by atoms with Crippen LogP contribution in [0.5, 0.6) is 5.75 Å². The first-order valence-electron chi connectivity index (χ1n) is 11.9. The smallest absolute Gasteiger partial charge is 0.183 e. The van der Waals surface area contributed by atoms with E-state index in [0.717, 1.165) is 62.8 Å². The summed E-state index contributed by atoms with van der Waals surface area (Å²) in [6.45, 7) is 7.99. The molecule has 6 nitrogen and oxygen atoms in total. The summed E-state index contributed by atoms with van der Waals surface area (Å²) >= 11 is 8.21. The number of hydrogen-bond donors (Lipinski definition) is 2. The van der Waals surface area contributed by atoms with Crippen molar-refractivity contribution in [2.45, 2.75) is 57.3 Å². The number of hydrogen-bond acceptors (Lipinski definition) is 7. The monoisotopic (exact) mass is 497 g/mol. The molecular formula is C26H28ClN3O3S. The number of nitrogens with zero attached hydrogens (tertiary/aromatic N) is 2. The standard InChI is InChI=1S/C26H28ClN3O3S/c1-4-21(31)22-11-20-24(34-22)16(5-8-29-20)17-10-15(27)9-14-12-25(2,32-23(14)17)26(3)18-13-28-7-6-19(18)30-33-26/h5,8-11,18,21,28,31H,4,6-7,12-13H2,1-3H3/t18?,21-,25-,26?/m1/s1. The molecular weight excluding hydrogens is 470 g/mol. The largest absolute Gasteiger partial charge is 0.482 e. The molecule has 2 aromatic heterocycles. The van der Waals surface area contributed by atoms with E-state index in [1.165, 1.54) is 0 Å². The first-order chi connectivity index (χ1) is 16.3. The Morgan fingerprint density at radius 1 is 1.29 bits per heavy atom. The van der Waals surface area contributed by atoms with Gasteiger partial charge in [0.1, 0.15) is 5.75 Å². The molecule has 1 aromatic carbocycles. The van der Waals surface area contributed by atoms with Gasteiger partial charge in [0.15, 0.2) is 11.2 Å². The molecule has 3 aromatic rings. The Balaban J connectivity index is 1.44. The van der Waals surface area contributed by atoms with E-state index in [4.69, 9.17) is 21.2 Å². The highest BCUT2D eigenvalue weighted by Crippen LogP contribution is 2.53. The van der Waals surface area contributed by atoms with Crippen molar-refractivity contribution in [3.05, 3.63) is 45.9 Å². The molecule has 4 atom stereocenters. The molecule has 0 saturated carbocycles.